The van der Waals surface area contributed by atoms with Crippen LogP contribution in [-0.2, 0) is 6.54 Å². The monoisotopic (exact) mass is 252 g/mol. The molecule has 2 N–H and O–H groups in total. The second kappa shape index (κ2) is 5.12. The van der Waals surface area contributed by atoms with Crippen molar-refractivity contribution >= 4 is 11.6 Å². The van der Waals surface area contributed by atoms with Crippen LogP contribution in [0, 0.1) is 5.82 Å². The third kappa shape index (κ3) is 2.72. The van der Waals surface area contributed by atoms with Crippen LogP contribution in [0.1, 0.15) is 5.56 Å². The van der Waals surface area contributed by atoms with Crippen LogP contribution in [-0.4, -0.2) is 4.98 Å². The van der Waals surface area contributed by atoms with Crippen molar-refractivity contribution in [3.63, 3.8) is 0 Å². The van der Waals surface area contributed by atoms with Gasteiger partial charge in [-0.05, 0) is 24.3 Å². The van der Waals surface area contributed by atoms with Gasteiger partial charge in [-0.15, -0.1) is 0 Å². The van der Waals surface area contributed by atoms with Crippen LogP contribution in [0.3, 0.4) is 0 Å². The Morgan fingerprint density at radius 3 is 2.82 bits per heavy atom. The first-order chi connectivity index (χ1) is 8.20. The molecule has 2 rings (SSSR count). The Morgan fingerprint density at radius 2 is 2.12 bits per heavy atom. The third-order valence-corrected chi connectivity index (χ3v) is 2.50. The minimum atomic E-state index is -0.410. The number of nitrogens with zero attached hydrogens (tertiary/aromatic N) is 1. The number of pyridine rings is 1. The Kier molecular flexibility index (Phi) is 3.56. The minimum absolute atomic E-state index is 0.205. The second-order valence-electron chi connectivity index (χ2n) is 3.36. The number of ether oxygens (including phenoxy) is 1. The normalized spacial score (nSPS) is 10.3. The predicted molar refractivity (Wildman–Crippen MR) is 63.6 cm³/mol. The first-order valence-corrected chi connectivity index (χ1v) is 5.34. The summed E-state index contributed by atoms with van der Waals surface area (Å²) in [6.45, 7) is 0.330. The molecule has 17 heavy (non-hydrogen) atoms. The summed E-state index contributed by atoms with van der Waals surface area (Å²) in [5.41, 5.74) is 6.37. The number of benzene rings is 1. The maximum absolute atomic E-state index is 12.9. The van der Waals surface area contributed by atoms with Crippen molar-refractivity contribution in [2.75, 3.05) is 0 Å². The summed E-state index contributed by atoms with van der Waals surface area (Å²) in [6.07, 6.45) is 3.17. The Labute approximate surface area is 103 Å². The van der Waals surface area contributed by atoms with Crippen molar-refractivity contribution in [1.29, 1.82) is 0 Å². The zero-order chi connectivity index (χ0) is 12.3. The van der Waals surface area contributed by atoms with Gasteiger partial charge in [0, 0.05) is 18.3 Å². The number of halogens is 2. The molecular weight excluding hydrogens is 243 g/mol. The fraction of sp³-hybridized carbons (Fsp3) is 0.0833. The molecule has 0 spiro atoms. The van der Waals surface area contributed by atoms with E-state index in [4.69, 9.17) is 22.1 Å². The minimum Gasteiger partial charge on any atom is -0.454 e. The first-order valence-electron chi connectivity index (χ1n) is 4.96. The molecule has 0 saturated carbocycles. The smallest absolute Gasteiger partial charge is 0.150 e. The topological polar surface area (TPSA) is 48.1 Å². The SMILES string of the molecule is NCc1ccncc1Oc1ccc(F)cc1Cl. The molecular formula is C12H10ClFN2O. The molecule has 2 aromatic rings. The van der Waals surface area contributed by atoms with Crippen molar-refractivity contribution < 1.29 is 9.13 Å². The van der Waals surface area contributed by atoms with Crippen molar-refractivity contribution in [1.82, 2.24) is 4.98 Å². The molecule has 0 aliphatic heterocycles. The molecule has 0 aliphatic rings. The molecule has 0 radical (unpaired) electrons. The quantitative estimate of drug-likeness (QED) is 0.913. The molecule has 3 nitrogen and oxygen atoms in total. The summed E-state index contributed by atoms with van der Waals surface area (Å²) < 4.78 is 18.4. The highest BCUT2D eigenvalue weighted by Crippen LogP contribution is 2.30. The molecule has 0 saturated heterocycles. The number of aromatic nitrogens is 1. The summed E-state index contributed by atoms with van der Waals surface area (Å²) in [4.78, 5) is 3.94. The molecule has 0 fully saturated rings. The van der Waals surface area contributed by atoms with E-state index in [0.717, 1.165) is 5.56 Å². The lowest BCUT2D eigenvalue weighted by atomic mass is 10.2. The Morgan fingerprint density at radius 1 is 1.29 bits per heavy atom. The van der Waals surface area contributed by atoms with Gasteiger partial charge in [-0.1, -0.05) is 11.6 Å². The van der Waals surface area contributed by atoms with Crippen LogP contribution >= 0.6 is 11.6 Å². The van der Waals surface area contributed by atoms with E-state index < -0.39 is 5.82 Å². The maximum atomic E-state index is 12.9. The van der Waals surface area contributed by atoms with E-state index in [-0.39, 0.29) is 5.02 Å². The van der Waals surface area contributed by atoms with Crippen molar-refractivity contribution in [3.8, 4) is 11.5 Å². The van der Waals surface area contributed by atoms with Crippen LogP contribution in [0.2, 0.25) is 5.02 Å². The summed E-state index contributed by atoms with van der Waals surface area (Å²) in [7, 11) is 0. The van der Waals surface area contributed by atoms with Gasteiger partial charge in [0.1, 0.15) is 17.3 Å². The van der Waals surface area contributed by atoms with Gasteiger partial charge in [-0.2, -0.15) is 0 Å². The van der Waals surface area contributed by atoms with E-state index in [0.29, 0.717) is 18.0 Å². The fourth-order valence-electron chi connectivity index (χ4n) is 1.35. The van der Waals surface area contributed by atoms with Gasteiger partial charge in [0.2, 0.25) is 0 Å². The molecule has 1 aromatic heterocycles. The first kappa shape index (κ1) is 11.8. The van der Waals surface area contributed by atoms with Crippen molar-refractivity contribution in [2.45, 2.75) is 6.54 Å². The summed E-state index contributed by atoms with van der Waals surface area (Å²) in [5, 5.41) is 0.205. The molecule has 88 valence electrons. The van der Waals surface area contributed by atoms with Gasteiger partial charge < -0.3 is 10.5 Å². The van der Waals surface area contributed by atoms with Gasteiger partial charge in [0.15, 0.2) is 0 Å². The largest absolute Gasteiger partial charge is 0.454 e. The van der Waals surface area contributed by atoms with E-state index in [2.05, 4.69) is 4.98 Å². The maximum Gasteiger partial charge on any atom is 0.150 e. The fourth-order valence-corrected chi connectivity index (χ4v) is 1.55. The van der Waals surface area contributed by atoms with Crippen LogP contribution in [0.25, 0.3) is 0 Å². The van der Waals surface area contributed by atoms with Gasteiger partial charge >= 0.3 is 0 Å². The molecule has 5 heteroatoms. The lowest BCUT2D eigenvalue weighted by Crippen LogP contribution is -2.00. The molecule has 0 amide bonds. The standard InChI is InChI=1S/C12H10ClFN2O/c13-10-5-9(14)1-2-11(10)17-12-7-16-4-3-8(12)6-15/h1-5,7H,6,15H2. The van der Waals surface area contributed by atoms with Crippen molar-refractivity contribution in [3.05, 3.63) is 53.1 Å². The number of rotatable bonds is 3. The Balaban J connectivity index is 2.31. The van der Waals surface area contributed by atoms with Crippen LogP contribution < -0.4 is 10.5 Å². The highest BCUT2D eigenvalue weighted by Gasteiger charge is 2.07. The van der Waals surface area contributed by atoms with Crippen LogP contribution in [0.5, 0.6) is 11.5 Å². The van der Waals surface area contributed by atoms with Gasteiger partial charge in [0.25, 0.3) is 0 Å². The molecule has 0 unspecified atom stereocenters. The number of nitrogens with two attached hydrogens (primary N) is 1. The average molecular weight is 253 g/mol. The number of hydrogen-bond donors (Lipinski definition) is 1. The highest BCUT2D eigenvalue weighted by atomic mass is 35.5. The lowest BCUT2D eigenvalue weighted by Gasteiger charge is -2.10. The molecule has 0 aliphatic carbocycles. The Bertz CT molecular complexity index is 534. The average Bonchev–Trinajstić information content (AvgIpc) is 2.33. The molecule has 0 bridgehead atoms. The predicted octanol–water partition coefficient (Wildman–Crippen LogP) is 3.13. The summed E-state index contributed by atoms with van der Waals surface area (Å²) in [5.74, 6) is 0.479. The van der Waals surface area contributed by atoms with E-state index in [1.807, 2.05) is 0 Å². The van der Waals surface area contributed by atoms with E-state index in [9.17, 15) is 4.39 Å². The van der Waals surface area contributed by atoms with E-state index >= 15 is 0 Å². The zero-order valence-electron chi connectivity index (χ0n) is 8.86. The van der Waals surface area contributed by atoms with Crippen LogP contribution in [0.4, 0.5) is 4.39 Å². The van der Waals surface area contributed by atoms with Gasteiger partial charge in [-0.25, -0.2) is 4.39 Å². The Hall–Kier alpha value is -1.65. The van der Waals surface area contributed by atoms with E-state index in [1.165, 1.54) is 18.2 Å². The lowest BCUT2D eigenvalue weighted by molar-refractivity contribution is 0.472. The highest BCUT2D eigenvalue weighted by molar-refractivity contribution is 6.32. The third-order valence-electron chi connectivity index (χ3n) is 2.20. The van der Waals surface area contributed by atoms with Gasteiger partial charge in [0.05, 0.1) is 11.2 Å². The van der Waals surface area contributed by atoms with Crippen molar-refractivity contribution in [2.24, 2.45) is 5.73 Å². The molecule has 0 atom stereocenters. The molecule has 1 aromatic carbocycles. The molecule has 1 heterocycles. The second-order valence-corrected chi connectivity index (χ2v) is 3.77. The van der Waals surface area contributed by atoms with E-state index in [1.54, 1.807) is 18.5 Å². The summed E-state index contributed by atoms with van der Waals surface area (Å²) >= 11 is 5.86. The van der Waals surface area contributed by atoms with Gasteiger partial charge in [-0.3, -0.25) is 4.98 Å². The number of hydrogen-bond acceptors (Lipinski definition) is 3. The zero-order valence-corrected chi connectivity index (χ0v) is 9.62. The summed E-state index contributed by atoms with van der Waals surface area (Å²) in [6, 6.07) is 5.69. The van der Waals surface area contributed by atoms with Crippen LogP contribution in [0.15, 0.2) is 36.7 Å².